The molecule has 0 amide bonds. The van der Waals surface area contributed by atoms with Gasteiger partial charge in [-0.2, -0.15) is 0 Å². The lowest BCUT2D eigenvalue weighted by Crippen LogP contribution is -1.93. The second kappa shape index (κ2) is 3.28. The van der Waals surface area contributed by atoms with Crippen LogP contribution in [-0.2, 0) is 17.8 Å². The largest absolute Gasteiger partial charge is 0.377 e. The first-order chi connectivity index (χ1) is 5.88. The third-order valence-corrected chi connectivity index (χ3v) is 2.48. The molecule has 0 saturated carbocycles. The molecule has 64 valence electrons. The summed E-state index contributed by atoms with van der Waals surface area (Å²) in [6, 6.07) is 6.47. The van der Waals surface area contributed by atoms with Crippen LogP contribution in [0.1, 0.15) is 23.1 Å². The van der Waals surface area contributed by atoms with E-state index in [1.165, 1.54) is 23.1 Å². The molecule has 1 aromatic carbocycles. The molecule has 0 aliphatic carbocycles. The van der Waals surface area contributed by atoms with Crippen LogP contribution in [0.2, 0.25) is 0 Å². The van der Waals surface area contributed by atoms with E-state index in [-0.39, 0.29) is 0 Å². The molecule has 0 aromatic heterocycles. The van der Waals surface area contributed by atoms with Crippen molar-refractivity contribution in [1.82, 2.24) is 0 Å². The standard InChI is InChI=1S/C11H14O/c1-9-4-2-5-10-8-12-7-3-6-11(9)10/h2,4-5H,3,6-8H2,1H3. The lowest BCUT2D eigenvalue weighted by molar-refractivity contribution is 0.125. The highest BCUT2D eigenvalue weighted by Gasteiger charge is 2.08. The summed E-state index contributed by atoms with van der Waals surface area (Å²) in [6.45, 7) is 3.90. The van der Waals surface area contributed by atoms with Gasteiger partial charge < -0.3 is 4.74 Å². The molecule has 0 fully saturated rings. The van der Waals surface area contributed by atoms with Gasteiger partial charge in [-0.1, -0.05) is 18.2 Å². The summed E-state index contributed by atoms with van der Waals surface area (Å²) < 4.78 is 5.48. The van der Waals surface area contributed by atoms with Gasteiger partial charge in [-0.05, 0) is 36.5 Å². The third-order valence-electron chi connectivity index (χ3n) is 2.48. The SMILES string of the molecule is Cc1cccc2c1CCCOC2. The van der Waals surface area contributed by atoms with E-state index in [9.17, 15) is 0 Å². The van der Waals surface area contributed by atoms with Gasteiger partial charge in [0.25, 0.3) is 0 Å². The van der Waals surface area contributed by atoms with E-state index in [2.05, 4.69) is 25.1 Å². The number of hydrogen-bond acceptors (Lipinski definition) is 1. The third kappa shape index (κ3) is 1.37. The van der Waals surface area contributed by atoms with E-state index in [1.807, 2.05) is 0 Å². The van der Waals surface area contributed by atoms with Crippen molar-refractivity contribution in [3.05, 3.63) is 34.9 Å². The number of aryl methyl sites for hydroxylation is 1. The normalized spacial score (nSPS) is 16.8. The van der Waals surface area contributed by atoms with Crippen molar-refractivity contribution in [3.8, 4) is 0 Å². The molecule has 0 saturated heterocycles. The topological polar surface area (TPSA) is 9.23 Å². The highest BCUT2D eigenvalue weighted by atomic mass is 16.5. The van der Waals surface area contributed by atoms with Gasteiger partial charge in [0.1, 0.15) is 0 Å². The van der Waals surface area contributed by atoms with Gasteiger partial charge in [0.05, 0.1) is 6.61 Å². The van der Waals surface area contributed by atoms with Crippen LogP contribution in [0.5, 0.6) is 0 Å². The summed E-state index contributed by atoms with van der Waals surface area (Å²) >= 11 is 0. The molecule has 1 aromatic rings. The minimum Gasteiger partial charge on any atom is -0.377 e. The van der Waals surface area contributed by atoms with E-state index < -0.39 is 0 Å². The summed E-state index contributed by atoms with van der Waals surface area (Å²) in [5, 5.41) is 0. The van der Waals surface area contributed by atoms with Gasteiger partial charge >= 0.3 is 0 Å². The van der Waals surface area contributed by atoms with Gasteiger partial charge in [-0.25, -0.2) is 0 Å². The molecule has 0 atom stereocenters. The Hall–Kier alpha value is -0.820. The Kier molecular flexibility index (Phi) is 2.13. The summed E-state index contributed by atoms with van der Waals surface area (Å²) in [6.07, 6.45) is 2.35. The lowest BCUT2D eigenvalue weighted by atomic mass is 9.99. The molecule has 0 spiro atoms. The molecule has 1 aliphatic rings. The fourth-order valence-electron chi connectivity index (χ4n) is 1.79. The van der Waals surface area contributed by atoms with Gasteiger partial charge in [-0.15, -0.1) is 0 Å². The smallest absolute Gasteiger partial charge is 0.0719 e. The zero-order chi connectivity index (χ0) is 8.39. The Morgan fingerprint density at radius 2 is 2.25 bits per heavy atom. The van der Waals surface area contributed by atoms with Crippen LogP contribution >= 0.6 is 0 Å². The summed E-state index contributed by atoms with van der Waals surface area (Å²) in [7, 11) is 0. The van der Waals surface area contributed by atoms with Crippen LogP contribution in [0.3, 0.4) is 0 Å². The van der Waals surface area contributed by atoms with E-state index in [0.29, 0.717) is 0 Å². The monoisotopic (exact) mass is 162 g/mol. The Morgan fingerprint density at radius 1 is 1.33 bits per heavy atom. The first-order valence-electron chi connectivity index (χ1n) is 4.53. The first-order valence-corrected chi connectivity index (χ1v) is 4.53. The highest BCUT2D eigenvalue weighted by Crippen LogP contribution is 2.19. The van der Waals surface area contributed by atoms with Gasteiger partial charge in [0.15, 0.2) is 0 Å². The second-order valence-electron chi connectivity index (χ2n) is 3.37. The molecule has 2 rings (SSSR count). The number of fused-ring (bicyclic) bond motifs is 1. The van der Waals surface area contributed by atoms with E-state index in [4.69, 9.17) is 4.74 Å². The van der Waals surface area contributed by atoms with Crippen LogP contribution in [0.4, 0.5) is 0 Å². The fourth-order valence-corrected chi connectivity index (χ4v) is 1.79. The zero-order valence-corrected chi connectivity index (χ0v) is 7.47. The molecule has 1 heteroatoms. The van der Waals surface area contributed by atoms with E-state index in [0.717, 1.165) is 19.6 Å². The van der Waals surface area contributed by atoms with Crippen LogP contribution < -0.4 is 0 Å². The molecule has 1 aliphatic heterocycles. The molecule has 0 radical (unpaired) electrons. The number of ether oxygens (including phenoxy) is 1. The maximum absolute atomic E-state index is 5.48. The average molecular weight is 162 g/mol. The Bertz CT molecular complexity index is 278. The van der Waals surface area contributed by atoms with Gasteiger partial charge in [-0.3, -0.25) is 0 Å². The Morgan fingerprint density at radius 3 is 3.17 bits per heavy atom. The second-order valence-corrected chi connectivity index (χ2v) is 3.37. The maximum Gasteiger partial charge on any atom is 0.0719 e. The molecule has 0 unspecified atom stereocenters. The molecule has 0 bridgehead atoms. The van der Waals surface area contributed by atoms with Crippen LogP contribution in [0.25, 0.3) is 0 Å². The molecular weight excluding hydrogens is 148 g/mol. The van der Waals surface area contributed by atoms with Crippen molar-refractivity contribution in [2.24, 2.45) is 0 Å². The van der Waals surface area contributed by atoms with Crippen molar-refractivity contribution in [2.75, 3.05) is 6.61 Å². The Balaban J connectivity index is 2.42. The fraction of sp³-hybridized carbons (Fsp3) is 0.455. The summed E-state index contributed by atoms with van der Waals surface area (Å²) in [4.78, 5) is 0. The molecule has 1 nitrogen and oxygen atoms in total. The number of rotatable bonds is 0. The molecular formula is C11H14O. The van der Waals surface area contributed by atoms with Crippen molar-refractivity contribution >= 4 is 0 Å². The average Bonchev–Trinajstić information content (AvgIpc) is 2.30. The van der Waals surface area contributed by atoms with Crippen molar-refractivity contribution in [3.63, 3.8) is 0 Å². The first kappa shape index (κ1) is 7.81. The highest BCUT2D eigenvalue weighted by molar-refractivity contribution is 5.34. The molecule has 1 heterocycles. The predicted molar refractivity (Wildman–Crippen MR) is 49.2 cm³/mol. The van der Waals surface area contributed by atoms with Gasteiger partial charge in [0.2, 0.25) is 0 Å². The van der Waals surface area contributed by atoms with Crippen LogP contribution in [0, 0.1) is 6.92 Å². The lowest BCUT2D eigenvalue weighted by Gasteiger charge is -2.07. The number of hydrogen-bond donors (Lipinski definition) is 0. The molecule has 0 N–H and O–H groups in total. The number of benzene rings is 1. The van der Waals surface area contributed by atoms with E-state index in [1.54, 1.807) is 0 Å². The minimum atomic E-state index is 0.803. The van der Waals surface area contributed by atoms with Gasteiger partial charge in [0, 0.05) is 6.61 Å². The molecule has 12 heavy (non-hydrogen) atoms. The maximum atomic E-state index is 5.48. The van der Waals surface area contributed by atoms with Crippen LogP contribution in [-0.4, -0.2) is 6.61 Å². The van der Waals surface area contributed by atoms with Crippen molar-refractivity contribution in [1.29, 1.82) is 0 Å². The zero-order valence-electron chi connectivity index (χ0n) is 7.47. The van der Waals surface area contributed by atoms with Crippen LogP contribution in [0.15, 0.2) is 18.2 Å². The summed E-state index contributed by atoms with van der Waals surface area (Å²) in [5.41, 5.74) is 4.31. The Labute approximate surface area is 73.4 Å². The van der Waals surface area contributed by atoms with Crippen molar-refractivity contribution < 1.29 is 4.74 Å². The summed E-state index contributed by atoms with van der Waals surface area (Å²) in [5.74, 6) is 0. The predicted octanol–water partition coefficient (Wildman–Crippen LogP) is 2.46. The van der Waals surface area contributed by atoms with E-state index >= 15 is 0 Å². The minimum absolute atomic E-state index is 0.803. The quantitative estimate of drug-likeness (QED) is 0.569. The van der Waals surface area contributed by atoms with Crippen molar-refractivity contribution in [2.45, 2.75) is 26.4 Å².